The number of nitrogens with zero attached hydrogens (tertiary/aromatic N) is 1. The van der Waals surface area contributed by atoms with Crippen LogP contribution in [0.25, 0.3) is 0 Å². The Labute approximate surface area is 121 Å². The fraction of sp³-hybridized carbons (Fsp3) is 0.562. The minimum absolute atomic E-state index is 0.0215. The van der Waals surface area contributed by atoms with Crippen LogP contribution in [0.4, 0.5) is 4.39 Å². The van der Waals surface area contributed by atoms with Crippen LogP contribution in [0.2, 0.25) is 0 Å². The lowest BCUT2D eigenvalue weighted by Crippen LogP contribution is -2.42. The lowest BCUT2D eigenvalue weighted by Gasteiger charge is -2.26. The summed E-state index contributed by atoms with van der Waals surface area (Å²) in [6, 6.07) is 6.74. The van der Waals surface area contributed by atoms with E-state index in [9.17, 15) is 9.18 Å². The number of nitrogens with one attached hydrogen (secondary N) is 1. The standard InChI is InChI=1S/C16H25FN2O/c1-4-19(5-2)13(3)12-18-16(20)10-9-14-7-6-8-15(17)11-14/h6-8,11,13H,4-5,9-10,12H2,1-3H3,(H,18,20). The summed E-state index contributed by atoms with van der Waals surface area (Å²) < 4.78 is 13.0. The van der Waals surface area contributed by atoms with E-state index in [1.807, 2.05) is 6.07 Å². The molecule has 1 unspecified atom stereocenters. The Morgan fingerprint density at radius 2 is 2.05 bits per heavy atom. The molecule has 0 aliphatic carbocycles. The highest BCUT2D eigenvalue weighted by atomic mass is 19.1. The zero-order valence-electron chi connectivity index (χ0n) is 12.7. The number of hydrogen-bond donors (Lipinski definition) is 1. The third kappa shape index (κ3) is 5.70. The Morgan fingerprint density at radius 1 is 1.35 bits per heavy atom. The van der Waals surface area contributed by atoms with Crippen LogP contribution < -0.4 is 5.32 Å². The van der Waals surface area contributed by atoms with Gasteiger partial charge >= 0.3 is 0 Å². The third-order valence-corrected chi connectivity index (χ3v) is 3.56. The van der Waals surface area contributed by atoms with Crippen LogP contribution in [0.1, 0.15) is 32.8 Å². The van der Waals surface area contributed by atoms with Crippen LogP contribution >= 0.6 is 0 Å². The molecule has 0 heterocycles. The molecular formula is C16H25FN2O. The Bertz CT molecular complexity index is 419. The molecule has 1 N–H and O–H groups in total. The van der Waals surface area contributed by atoms with Gasteiger partial charge in [-0.05, 0) is 44.1 Å². The first-order chi connectivity index (χ1) is 9.56. The van der Waals surface area contributed by atoms with Crippen molar-refractivity contribution < 1.29 is 9.18 Å². The third-order valence-electron chi connectivity index (χ3n) is 3.56. The van der Waals surface area contributed by atoms with E-state index in [0.717, 1.165) is 18.7 Å². The number of likely N-dealkylation sites (N-methyl/N-ethyl adjacent to an activating group) is 1. The number of carbonyl (C=O) groups is 1. The number of benzene rings is 1. The van der Waals surface area contributed by atoms with Gasteiger partial charge in [-0.15, -0.1) is 0 Å². The van der Waals surface area contributed by atoms with Crippen LogP contribution in [0.15, 0.2) is 24.3 Å². The molecule has 0 spiro atoms. The number of aryl methyl sites for hydroxylation is 1. The van der Waals surface area contributed by atoms with Crippen molar-refractivity contribution in [3.63, 3.8) is 0 Å². The van der Waals surface area contributed by atoms with Gasteiger partial charge in [0.1, 0.15) is 5.82 Å². The highest BCUT2D eigenvalue weighted by molar-refractivity contribution is 5.76. The van der Waals surface area contributed by atoms with Crippen molar-refractivity contribution in [2.24, 2.45) is 0 Å². The van der Waals surface area contributed by atoms with Gasteiger partial charge < -0.3 is 5.32 Å². The molecule has 20 heavy (non-hydrogen) atoms. The van der Waals surface area contributed by atoms with Crippen molar-refractivity contribution in [2.45, 2.75) is 39.7 Å². The van der Waals surface area contributed by atoms with E-state index >= 15 is 0 Å². The summed E-state index contributed by atoms with van der Waals surface area (Å²) in [5.74, 6) is -0.230. The largest absolute Gasteiger partial charge is 0.355 e. The average molecular weight is 280 g/mol. The molecule has 0 aliphatic rings. The summed E-state index contributed by atoms with van der Waals surface area (Å²) in [4.78, 5) is 14.1. The summed E-state index contributed by atoms with van der Waals surface area (Å²) in [6.07, 6.45) is 0.970. The summed E-state index contributed by atoms with van der Waals surface area (Å²) in [5, 5.41) is 2.94. The second-order valence-electron chi connectivity index (χ2n) is 5.00. The van der Waals surface area contributed by atoms with Crippen LogP contribution in [-0.2, 0) is 11.2 Å². The van der Waals surface area contributed by atoms with Crippen LogP contribution in [0, 0.1) is 5.82 Å². The van der Waals surface area contributed by atoms with Crippen LogP contribution in [0.5, 0.6) is 0 Å². The molecule has 0 saturated heterocycles. The maximum Gasteiger partial charge on any atom is 0.220 e. The van der Waals surface area contributed by atoms with Crippen LogP contribution in [0.3, 0.4) is 0 Å². The minimum atomic E-state index is -0.252. The molecule has 1 aromatic carbocycles. The summed E-state index contributed by atoms with van der Waals surface area (Å²) in [5.41, 5.74) is 0.858. The van der Waals surface area contributed by atoms with Gasteiger partial charge in [0, 0.05) is 19.0 Å². The molecule has 112 valence electrons. The molecule has 4 heteroatoms. The number of rotatable bonds is 8. The van der Waals surface area contributed by atoms with Crippen molar-refractivity contribution >= 4 is 5.91 Å². The smallest absolute Gasteiger partial charge is 0.220 e. The van der Waals surface area contributed by atoms with Gasteiger partial charge in [-0.25, -0.2) is 4.39 Å². The van der Waals surface area contributed by atoms with Crippen molar-refractivity contribution in [1.82, 2.24) is 10.2 Å². The van der Waals surface area contributed by atoms with E-state index < -0.39 is 0 Å². The zero-order chi connectivity index (χ0) is 15.0. The zero-order valence-corrected chi connectivity index (χ0v) is 12.7. The highest BCUT2D eigenvalue weighted by Gasteiger charge is 2.11. The first kappa shape index (κ1) is 16.6. The van der Waals surface area contributed by atoms with E-state index in [-0.39, 0.29) is 11.7 Å². The number of halogens is 1. The summed E-state index contributed by atoms with van der Waals surface area (Å²) >= 11 is 0. The van der Waals surface area contributed by atoms with E-state index in [2.05, 4.69) is 31.0 Å². The van der Waals surface area contributed by atoms with Gasteiger partial charge in [0.15, 0.2) is 0 Å². The quantitative estimate of drug-likeness (QED) is 0.794. The summed E-state index contributed by atoms with van der Waals surface area (Å²) in [7, 11) is 0. The minimum Gasteiger partial charge on any atom is -0.355 e. The number of carbonyl (C=O) groups excluding carboxylic acids is 1. The van der Waals surface area contributed by atoms with Gasteiger partial charge in [0.2, 0.25) is 5.91 Å². The fourth-order valence-corrected chi connectivity index (χ4v) is 2.28. The van der Waals surface area contributed by atoms with Gasteiger partial charge in [0.25, 0.3) is 0 Å². The van der Waals surface area contributed by atoms with Gasteiger partial charge in [0.05, 0.1) is 0 Å². The maximum atomic E-state index is 13.0. The lowest BCUT2D eigenvalue weighted by molar-refractivity contribution is -0.121. The number of amides is 1. The molecule has 0 aromatic heterocycles. The first-order valence-electron chi connectivity index (χ1n) is 7.32. The molecule has 1 atom stereocenters. The summed E-state index contributed by atoms with van der Waals surface area (Å²) in [6.45, 7) is 8.97. The van der Waals surface area contributed by atoms with Crippen molar-refractivity contribution in [3.05, 3.63) is 35.6 Å². The molecule has 1 amide bonds. The molecule has 1 rings (SSSR count). The fourth-order valence-electron chi connectivity index (χ4n) is 2.28. The van der Waals surface area contributed by atoms with Gasteiger partial charge in [-0.3, -0.25) is 9.69 Å². The Morgan fingerprint density at radius 3 is 2.65 bits per heavy atom. The predicted octanol–water partition coefficient (Wildman–Crippen LogP) is 2.60. The second-order valence-corrected chi connectivity index (χ2v) is 5.00. The number of hydrogen-bond acceptors (Lipinski definition) is 2. The Kier molecular flexibility index (Phi) is 7.23. The monoisotopic (exact) mass is 280 g/mol. The SMILES string of the molecule is CCN(CC)C(C)CNC(=O)CCc1cccc(F)c1. The van der Waals surface area contributed by atoms with Gasteiger partial charge in [-0.2, -0.15) is 0 Å². The molecule has 0 aliphatic heterocycles. The lowest BCUT2D eigenvalue weighted by atomic mass is 10.1. The van der Waals surface area contributed by atoms with Crippen molar-refractivity contribution in [3.8, 4) is 0 Å². The average Bonchev–Trinajstić information content (AvgIpc) is 2.44. The molecule has 3 nitrogen and oxygen atoms in total. The first-order valence-corrected chi connectivity index (χ1v) is 7.32. The normalized spacial score (nSPS) is 12.4. The van der Waals surface area contributed by atoms with E-state index in [0.29, 0.717) is 25.4 Å². The molecule has 0 saturated carbocycles. The van der Waals surface area contributed by atoms with E-state index in [1.165, 1.54) is 12.1 Å². The highest BCUT2D eigenvalue weighted by Crippen LogP contribution is 2.06. The van der Waals surface area contributed by atoms with Gasteiger partial charge in [-0.1, -0.05) is 26.0 Å². The van der Waals surface area contributed by atoms with Crippen LogP contribution in [-0.4, -0.2) is 36.5 Å². The van der Waals surface area contributed by atoms with Crippen molar-refractivity contribution in [1.29, 1.82) is 0 Å². The molecule has 1 aromatic rings. The maximum absolute atomic E-state index is 13.0. The molecular weight excluding hydrogens is 255 g/mol. The molecule has 0 bridgehead atoms. The Balaban J connectivity index is 2.30. The Hall–Kier alpha value is -1.42. The van der Waals surface area contributed by atoms with E-state index in [1.54, 1.807) is 6.07 Å². The molecule has 0 radical (unpaired) electrons. The topological polar surface area (TPSA) is 32.3 Å². The second kappa shape index (κ2) is 8.69. The predicted molar refractivity (Wildman–Crippen MR) is 80.1 cm³/mol. The van der Waals surface area contributed by atoms with Crippen molar-refractivity contribution in [2.75, 3.05) is 19.6 Å². The van der Waals surface area contributed by atoms with E-state index in [4.69, 9.17) is 0 Å². The molecule has 0 fully saturated rings.